The summed E-state index contributed by atoms with van der Waals surface area (Å²) < 4.78 is 13.3. The number of phenols is 3. The molecule has 0 atom stereocenters. The van der Waals surface area contributed by atoms with Crippen molar-refractivity contribution >= 4 is 10.8 Å². The molecule has 0 aliphatic rings. The van der Waals surface area contributed by atoms with Gasteiger partial charge in [0.15, 0.2) is 11.6 Å². The summed E-state index contributed by atoms with van der Waals surface area (Å²) in [6.07, 6.45) is 0. The van der Waals surface area contributed by atoms with E-state index in [-0.39, 0.29) is 22.3 Å². The maximum Gasteiger partial charge on any atom is 0.176 e. The third kappa shape index (κ3) is 1.04. The van der Waals surface area contributed by atoms with E-state index >= 15 is 0 Å². The van der Waals surface area contributed by atoms with E-state index in [1.165, 1.54) is 18.2 Å². The third-order valence-corrected chi connectivity index (χ3v) is 2.05. The predicted octanol–water partition coefficient (Wildman–Crippen LogP) is 2.10. The van der Waals surface area contributed by atoms with Crippen LogP contribution in [-0.2, 0) is 0 Å². The minimum absolute atomic E-state index is 0.142. The second-order valence-corrected chi connectivity index (χ2v) is 2.93. The van der Waals surface area contributed by atoms with Crippen LogP contribution in [0.25, 0.3) is 10.8 Å². The van der Waals surface area contributed by atoms with Crippen LogP contribution in [0.4, 0.5) is 4.39 Å². The van der Waals surface area contributed by atoms with Crippen LogP contribution in [0.1, 0.15) is 0 Å². The van der Waals surface area contributed by atoms with Gasteiger partial charge in [-0.05, 0) is 24.3 Å². The monoisotopic (exact) mass is 194 g/mol. The Morgan fingerprint density at radius 1 is 0.786 bits per heavy atom. The van der Waals surface area contributed by atoms with Crippen LogP contribution in [0.2, 0.25) is 0 Å². The molecule has 4 heteroatoms. The highest BCUT2D eigenvalue weighted by atomic mass is 19.1. The lowest BCUT2D eigenvalue weighted by atomic mass is 10.1. The predicted molar refractivity (Wildman–Crippen MR) is 48.9 cm³/mol. The summed E-state index contributed by atoms with van der Waals surface area (Å²) in [7, 11) is 0. The minimum Gasteiger partial charge on any atom is -0.507 e. The molecule has 0 aliphatic carbocycles. The van der Waals surface area contributed by atoms with Crippen molar-refractivity contribution in [3.63, 3.8) is 0 Å². The zero-order chi connectivity index (χ0) is 10.3. The SMILES string of the molecule is Oc1ccc2c(O)ccc(O)c2c1F. The summed E-state index contributed by atoms with van der Waals surface area (Å²) in [5.74, 6) is -1.95. The number of hydrogen-bond acceptors (Lipinski definition) is 3. The van der Waals surface area contributed by atoms with Gasteiger partial charge in [-0.1, -0.05) is 0 Å². The van der Waals surface area contributed by atoms with E-state index in [2.05, 4.69) is 0 Å². The van der Waals surface area contributed by atoms with E-state index in [1.807, 2.05) is 0 Å². The smallest absolute Gasteiger partial charge is 0.176 e. The summed E-state index contributed by atoms with van der Waals surface area (Å²) in [6.45, 7) is 0. The summed E-state index contributed by atoms with van der Waals surface area (Å²) in [5, 5.41) is 27.7. The van der Waals surface area contributed by atoms with Crippen LogP contribution in [0.3, 0.4) is 0 Å². The van der Waals surface area contributed by atoms with Crippen molar-refractivity contribution in [1.29, 1.82) is 0 Å². The highest BCUT2D eigenvalue weighted by Crippen LogP contribution is 2.36. The maximum absolute atomic E-state index is 13.3. The van der Waals surface area contributed by atoms with Gasteiger partial charge >= 0.3 is 0 Å². The van der Waals surface area contributed by atoms with Gasteiger partial charge in [0.2, 0.25) is 0 Å². The topological polar surface area (TPSA) is 60.7 Å². The lowest BCUT2D eigenvalue weighted by Gasteiger charge is -2.05. The molecule has 3 N–H and O–H groups in total. The van der Waals surface area contributed by atoms with E-state index in [4.69, 9.17) is 5.11 Å². The molecule has 0 bridgehead atoms. The number of fused-ring (bicyclic) bond motifs is 1. The van der Waals surface area contributed by atoms with Crippen molar-refractivity contribution in [3.8, 4) is 17.2 Å². The number of halogens is 1. The Morgan fingerprint density at radius 2 is 1.36 bits per heavy atom. The van der Waals surface area contributed by atoms with Gasteiger partial charge in [-0.25, -0.2) is 4.39 Å². The maximum atomic E-state index is 13.3. The Kier molecular flexibility index (Phi) is 1.70. The van der Waals surface area contributed by atoms with E-state index in [9.17, 15) is 14.6 Å². The Morgan fingerprint density at radius 3 is 2.07 bits per heavy atom. The first-order chi connectivity index (χ1) is 6.61. The van der Waals surface area contributed by atoms with Gasteiger partial charge in [-0.15, -0.1) is 0 Å². The Bertz CT molecular complexity index is 508. The molecular weight excluding hydrogens is 187 g/mol. The molecule has 3 nitrogen and oxygen atoms in total. The van der Waals surface area contributed by atoms with Crippen molar-refractivity contribution in [2.75, 3.05) is 0 Å². The quantitative estimate of drug-likeness (QED) is 0.563. The molecular formula is C10H7FO3. The standard InChI is InChI=1S/C10H7FO3/c11-10-8(14)2-1-5-6(12)3-4-7(13)9(5)10/h1-4,12-14H. The molecule has 0 saturated heterocycles. The third-order valence-electron chi connectivity index (χ3n) is 2.05. The largest absolute Gasteiger partial charge is 0.507 e. The Hall–Kier alpha value is -1.97. The molecule has 14 heavy (non-hydrogen) atoms. The molecule has 0 aliphatic heterocycles. The van der Waals surface area contributed by atoms with Crippen LogP contribution in [-0.4, -0.2) is 15.3 Å². The fourth-order valence-electron chi connectivity index (χ4n) is 1.36. The van der Waals surface area contributed by atoms with Gasteiger partial charge in [0.1, 0.15) is 11.5 Å². The summed E-state index contributed by atoms with van der Waals surface area (Å²) in [6, 6.07) is 4.88. The number of aromatic hydroxyl groups is 3. The first kappa shape index (κ1) is 8.62. The van der Waals surface area contributed by atoms with Crippen LogP contribution >= 0.6 is 0 Å². The van der Waals surface area contributed by atoms with E-state index < -0.39 is 11.6 Å². The second kappa shape index (κ2) is 2.77. The normalized spacial score (nSPS) is 10.6. The van der Waals surface area contributed by atoms with Crippen molar-refractivity contribution in [1.82, 2.24) is 0 Å². The van der Waals surface area contributed by atoms with Crippen molar-refractivity contribution in [2.45, 2.75) is 0 Å². The molecule has 2 aromatic rings. The molecule has 0 saturated carbocycles. The molecule has 0 amide bonds. The lowest BCUT2D eigenvalue weighted by Crippen LogP contribution is -1.82. The molecule has 0 fully saturated rings. The molecule has 2 rings (SSSR count). The van der Waals surface area contributed by atoms with Crippen molar-refractivity contribution < 1.29 is 19.7 Å². The molecule has 2 aromatic carbocycles. The summed E-state index contributed by atoms with van der Waals surface area (Å²) >= 11 is 0. The summed E-state index contributed by atoms with van der Waals surface area (Å²) in [5.41, 5.74) is 0. The Balaban J connectivity index is 3.01. The van der Waals surface area contributed by atoms with E-state index in [1.54, 1.807) is 0 Å². The van der Waals surface area contributed by atoms with Crippen LogP contribution in [0, 0.1) is 5.82 Å². The van der Waals surface area contributed by atoms with Gasteiger partial charge in [0, 0.05) is 5.39 Å². The number of phenolic OH excluding ortho intramolecular Hbond substituents is 3. The Labute approximate surface area is 78.7 Å². The van der Waals surface area contributed by atoms with Gasteiger partial charge in [-0.2, -0.15) is 0 Å². The van der Waals surface area contributed by atoms with Crippen LogP contribution in [0.15, 0.2) is 24.3 Å². The fourth-order valence-corrected chi connectivity index (χ4v) is 1.36. The number of hydrogen-bond donors (Lipinski definition) is 3. The van der Waals surface area contributed by atoms with Gasteiger partial charge in [0.25, 0.3) is 0 Å². The first-order valence-corrected chi connectivity index (χ1v) is 3.93. The molecule has 0 spiro atoms. The molecule has 0 aromatic heterocycles. The van der Waals surface area contributed by atoms with E-state index in [0.717, 1.165) is 6.07 Å². The van der Waals surface area contributed by atoms with Gasteiger partial charge in [-0.3, -0.25) is 0 Å². The number of rotatable bonds is 0. The van der Waals surface area contributed by atoms with Crippen LogP contribution < -0.4 is 0 Å². The number of benzene rings is 2. The zero-order valence-corrected chi connectivity index (χ0v) is 7.03. The van der Waals surface area contributed by atoms with E-state index in [0.29, 0.717) is 0 Å². The summed E-state index contributed by atoms with van der Waals surface area (Å²) in [4.78, 5) is 0. The second-order valence-electron chi connectivity index (χ2n) is 2.93. The molecule has 72 valence electrons. The average molecular weight is 194 g/mol. The average Bonchev–Trinajstić information content (AvgIpc) is 2.16. The van der Waals surface area contributed by atoms with Crippen molar-refractivity contribution in [2.24, 2.45) is 0 Å². The first-order valence-electron chi connectivity index (χ1n) is 3.93. The zero-order valence-electron chi connectivity index (χ0n) is 7.03. The van der Waals surface area contributed by atoms with Crippen molar-refractivity contribution in [3.05, 3.63) is 30.1 Å². The van der Waals surface area contributed by atoms with Crippen LogP contribution in [0.5, 0.6) is 17.2 Å². The molecule has 0 unspecified atom stereocenters. The highest BCUT2D eigenvalue weighted by Gasteiger charge is 2.12. The molecule has 0 radical (unpaired) electrons. The molecule has 0 heterocycles. The van der Waals surface area contributed by atoms with Gasteiger partial charge in [0.05, 0.1) is 5.39 Å². The minimum atomic E-state index is -0.934. The highest BCUT2D eigenvalue weighted by molar-refractivity contribution is 5.94. The van der Waals surface area contributed by atoms with Gasteiger partial charge < -0.3 is 15.3 Å². The lowest BCUT2D eigenvalue weighted by molar-refractivity contribution is 0.431. The fraction of sp³-hybridized carbons (Fsp3) is 0.